The molecule has 6 heteroatoms. The number of hydrogen-bond donors (Lipinski definition) is 1. The maximum atomic E-state index is 12.0. The van der Waals surface area contributed by atoms with Gasteiger partial charge in [0.1, 0.15) is 0 Å². The molecule has 0 saturated heterocycles. The summed E-state index contributed by atoms with van der Waals surface area (Å²) >= 11 is 0. The number of aliphatic carboxylic acids is 1. The number of benzene rings is 2. The Balaban J connectivity index is 2.09. The maximum absolute atomic E-state index is 12.0. The fourth-order valence-corrected chi connectivity index (χ4v) is 2.98. The van der Waals surface area contributed by atoms with Crippen molar-refractivity contribution in [1.29, 1.82) is 0 Å². The molecular weight excluding hydrogens is 314 g/mol. The first kappa shape index (κ1) is 16.9. The van der Waals surface area contributed by atoms with Crippen LogP contribution in [-0.4, -0.2) is 20.4 Å². The summed E-state index contributed by atoms with van der Waals surface area (Å²) in [6.07, 6.45) is 1.42. The van der Waals surface area contributed by atoms with Gasteiger partial charge >= 0.3 is 0 Å². The predicted octanol–water partition coefficient (Wildman–Crippen LogP) is 0.938. The monoisotopic (exact) mass is 330 g/mol. The number of rotatable bonds is 7. The van der Waals surface area contributed by atoms with E-state index in [0.29, 0.717) is 11.1 Å². The van der Waals surface area contributed by atoms with Gasteiger partial charge in [-0.15, -0.1) is 0 Å². The fraction of sp³-hybridized carbons (Fsp3) is 0.118. The van der Waals surface area contributed by atoms with E-state index in [1.807, 2.05) is 6.07 Å². The summed E-state index contributed by atoms with van der Waals surface area (Å²) in [5.41, 5.74) is 1.40. The molecule has 5 nitrogen and oxygen atoms in total. The minimum atomic E-state index is -3.90. The summed E-state index contributed by atoms with van der Waals surface area (Å²) in [7, 11) is -3.90. The van der Waals surface area contributed by atoms with Crippen LogP contribution in [-0.2, 0) is 21.2 Å². The van der Waals surface area contributed by atoms with Gasteiger partial charge in [0.2, 0.25) is 10.0 Å². The summed E-state index contributed by atoms with van der Waals surface area (Å²) in [4.78, 5) is 11.2. The van der Waals surface area contributed by atoms with Crippen molar-refractivity contribution in [2.24, 2.45) is 0 Å². The molecule has 0 amide bonds. The standard InChI is InChI=1S/C17H17NO4S/c19-17(20)16(13-15-9-5-2-6-10-15)18-23(21,22)12-11-14-7-3-1-4-8-14/h1-12,16,18H,13H2,(H,19,20)/p-1/b12-11+/t16-/m0/s1. The Hall–Kier alpha value is -2.44. The largest absolute Gasteiger partial charge is 0.548 e. The fourth-order valence-electron chi connectivity index (χ4n) is 1.99. The van der Waals surface area contributed by atoms with Gasteiger partial charge in [-0.3, -0.25) is 0 Å². The first-order chi connectivity index (χ1) is 11.0. The minimum Gasteiger partial charge on any atom is -0.548 e. The van der Waals surface area contributed by atoms with E-state index >= 15 is 0 Å². The van der Waals surface area contributed by atoms with Gasteiger partial charge in [-0.05, 0) is 23.6 Å². The maximum Gasteiger partial charge on any atom is 0.234 e. The lowest BCUT2D eigenvalue weighted by atomic mass is 10.1. The highest BCUT2D eigenvalue weighted by Gasteiger charge is 2.17. The van der Waals surface area contributed by atoms with Gasteiger partial charge in [0, 0.05) is 5.41 Å². The van der Waals surface area contributed by atoms with E-state index in [0.717, 1.165) is 5.41 Å². The quantitative estimate of drug-likeness (QED) is 0.818. The SMILES string of the molecule is O=C([O-])[C@H](Cc1ccccc1)NS(=O)(=O)/C=C/c1ccccc1. The molecule has 0 radical (unpaired) electrons. The number of sulfonamides is 1. The molecule has 0 aliphatic heterocycles. The zero-order valence-corrected chi connectivity index (χ0v) is 13.1. The average Bonchev–Trinajstić information content (AvgIpc) is 2.54. The molecule has 0 spiro atoms. The molecule has 1 N–H and O–H groups in total. The summed E-state index contributed by atoms with van der Waals surface area (Å²) in [6.45, 7) is 0. The van der Waals surface area contributed by atoms with Gasteiger partial charge in [-0.2, -0.15) is 0 Å². The van der Waals surface area contributed by atoms with Gasteiger partial charge in [0.15, 0.2) is 0 Å². The molecule has 2 aromatic rings. The lowest BCUT2D eigenvalue weighted by Crippen LogP contribution is -2.48. The van der Waals surface area contributed by atoms with Crippen LogP contribution in [0.4, 0.5) is 0 Å². The number of carbonyl (C=O) groups is 1. The summed E-state index contributed by atoms with van der Waals surface area (Å²) in [5.74, 6) is -1.47. The molecule has 0 aliphatic rings. The van der Waals surface area contributed by atoms with E-state index in [-0.39, 0.29) is 6.42 Å². The number of carboxylic acid groups (broad SMARTS) is 1. The Kier molecular flexibility index (Phi) is 5.67. The third-order valence-corrected chi connectivity index (χ3v) is 4.22. The van der Waals surface area contributed by atoms with Gasteiger partial charge < -0.3 is 9.90 Å². The van der Waals surface area contributed by atoms with Crippen LogP contribution in [0.15, 0.2) is 66.1 Å². The Morgan fingerprint density at radius 2 is 1.61 bits per heavy atom. The zero-order valence-electron chi connectivity index (χ0n) is 12.3. The van der Waals surface area contributed by atoms with E-state index in [1.54, 1.807) is 54.6 Å². The first-order valence-electron chi connectivity index (χ1n) is 6.96. The molecule has 0 unspecified atom stereocenters. The molecule has 2 aromatic carbocycles. The smallest absolute Gasteiger partial charge is 0.234 e. The Bertz CT molecular complexity index is 771. The van der Waals surface area contributed by atoms with E-state index < -0.39 is 22.0 Å². The Morgan fingerprint density at radius 3 is 2.17 bits per heavy atom. The van der Waals surface area contributed by atoms with Crippen molar-refractivity contribution in [2.45, 2.75) is 12.5 Å². The topological polar surface area (TPSA) is 86.3 Å². The lowest BCUT2D eigenvalue weighted by Gasteiger charge is -2.18. The number of hydrogen-bond acceptors (Lipinski definition) is 4. The zero-order chi connectivity index (χ0) is 16.7. The first-order valence-corrected chi connectivity index (χ1v) is 8.51. The van der Waals surface area contributed by atoms with Crippen LogP contribution in [0.5, 0.6) is 0 Å². The lowest BCUT2D eigenvalue weighted by molar-refractivity contribution is -0.307. The van der Waals surface area contributed by atoms with E-state index in [9.17, 15) is 18.3 Å². The van der Waals surface area contributed by atoms with Crippen LogP contribution in [0.3, 0.4) is 0 Å². The third-order valence-electron chi connectivity index (χ3n) is 3.11. The summed E-state index contributed by atoms with van der Waals surface area (Å²) < 4.78 is 26.2. The van der Waals surface area contributed by atoms with Crippen molar-refractivity contribution < 1.29 is 18.3 Å². The van der Waals surface area contributed by atoms with Crippen molar-refractivity contribution in [3.63, 3.8) is 0 Å². The van der Waals surface area contributed by atoms with Crippen LogP contribution in [0.25, 0.3) is 6.08 Å². The number of carboxylic acids is 1. The molecular formula is C17H16NO4S-. The van der Waals surface area contributed by atoms with Crippen LogP contribution >= 0.6 is 0 Å². The van der Waals surface area contributed by atoms with Crippen LogP contribution < -0.4 is 9.83 Å². The molecule has 0 fully saturated rings. The molecule has 23 heavy (non-hydrogen) atoms. The third kappa shape index (κ3) is 5.69. The molecule has 0 aromatic heterocycles. The second-order valence-corrected chi connectivity index (χ2v) is 6.54. The van der Waals surface area contributed by atoms with Crippen LogP contribution in [0.1, 0.15) is 11.1 Å². The van der Waals surface area contributed by atoms with Crippen molar-refractivity contribution >= 4 is 22.1 Å². The molecule has 0 heterocycles. The van der Waals surface area contributed by atoms with E-state index in [1.165, 1.54) is 6.08 Å². The van der Waals surface area contributed by atoms with E-state index in [2.05, 4.69) is 4.72 Å². The summed E-state index contributed by atoms with van der Waals surface area (Å²) in [6, 6.07) is 16.3. The van der Waals surface area contributed by atoms with Gasteiger partial charge in [0.25, 0.3) is 0 Å². The van der Waals surface area contributed by atoms with Crippen LogP contribution in [0.2, 0.25) is 0 Å². The van der Waals surface area contributed by atoms with Crippen molar-refractivity contribution in [3.8, 4) is 0 Å². The second-order valence-electron chi connectivity index (χ2n) is 4.94. The van der Waals surface area contributed by atoms with Crippen molar-refractivity contribution in [2.75, 3.05) is 0 Å². The molecule has 2 rings (SSSR count). The van der Waals surface area contributed by atoms with Gasteiger partial charge in [-0.1, -0.05) is 60.7 Å². The molecule has 1 atom stereocenters. The molecule has 0 saturated carbocycles. The highest BCUT2D eigenvalue weighted by Crippen LogP contribution is 2.06. The number of carbonyl (C=O) groups excluding carboxylic acids is 1. The Morgan fingerprint density at radius 1 is 1.04 bits per heavy atom. The molecule has 120 valence electrons. The van der Waals surface area contributed by atoms with Gasteiger partial charge in [0.05, 0.1) is 12.0 Å². The number of nitrogens with one attached hydrogen (secondary N) is 1. The Labute approximate surface area is 135 Å². The van der Waals surface area contributed by atoms with Crippen LogP contribution in [0, 0.1) is 0 Å². The van der Waals surface area contributed by atoms with E-state index in [4.69, 9.17) is 0 Å². The molecule has 0 bridgehead atoms. The second kappa shape index (κ2) is 7.71. The normalized spacial score (nSPS) is 13.0. The van der Waals surface area contributed by atoms with Crippen molar-refractivity contribution in [3.05, 3.63) is 77.2 Å². The highest BCUT2D eigenvalue weighted by molar-refractivity contribution is 7.92. The predicted molar refractivity (Wildman–Crippen MR) is 86.5 cm³/mol. The highest BCUT2D eigenvalue weighted by atomic mass is 32.2. The average molecular weight is 330 g/mol. The minimum absolute atomic E-state index is 0.0155. The summed E-state index contributed by atoms with van der Waals surface area (Å²) in [5, 5.41) is 12.1. The van der Waals surface area contributed by atoms with Gasteiger partial charge in [-0.25, -0.2) is 13.1 Å². The van der Waals surface area contributed by atoms with Crippen molar-refractivity contribution in [1.82, 2.24) is 4.72 Å². The molecule has 0 aliphatic carbocycles.